The summed E-state index contributed by atoms with van der Waals surface area (Å²) in [7, 11) is 0. The molecule has 0 aromatic carbocycles. The summed E-state index contributed by atoms with van der Waals surface area (Å²) in [4.78, 5) is 14.6. The van der Waals surface area contributed by atoms with Gasteiger partial charge < -0.3 is 4.90 Å². The summed E-state index contributed by atoms with van der Waals surface area (Å²) in [5.41, 5.74) is 0. The lowest BCUT2D eigenvalue weighted by molar-refractivity contribution is 0.173. The third kappa shape index (κ3) is 3.31. The molecule has 0 bridgehead atoms. The van der Waals surface area contributed by atoms with Gasteiger partial charge in [0.25, 0.3) is 0 Å². The van der Waals surface area contributed by atoms with Crippen molar-refractivity contribution in [2.45, 2.75) is 31.7 Å². The van der Waals surface area contributed by atoms with Crippen LogP contribution in [0.25, 0.3) is 0 Å². The van der Waals surface area contributed by atoms with Crippen LogP contribution in [0.2, 0.25) is 0 Å². The van der Waals surface area contributed by atoms with Gasteiger partial charge in [0, 0.05) is 12.6 Å². The molecule has 1 heterocycles. The zero-order chi connectivity index (χ0) is 9.68. The van der Waals surface area contributed by atoms with Gasteiger partial charge in [-0.25, -0.2) is 0 Å². The Hall–Kier alpha value is -0.0200. The summed E-state index contributed by atoms with van der Waals surface area (Å²) < 4.78 is 0. The largest absolute Gasteiger partial charge is 0.326 e. The van der Waals surface area contributed by atoms with Crippen LogP contribution in [0.1, 0.15) is 25.7 Å². The van der Waals surface area contributed by atoms with Crippen LogP contribution in [-0.4, -0.2) is 22.9 Å². The van der Waals surface area contributed by atoms with Gasteiger partial charge >= 0.3 is 5.37 Å². The zero-order valence-corrected chi connectivity index (χ0v) is 9.72. The van der Waals surface area contributed by atoms with Crippen LogP contribution in [-0.2, 0) is 0 Å². The molecule has 4 heteroatoms. The van der Waals surface area contributed by atoms with E-state index in [2.05, 4.69) is 15.9 Å². The molecular weight excluding hydrogens is 253 g/mol. The standard InChI is InChI=1S/C9H13BrClNO/c10-6-3-5-8-4-1-2-7-12(8)9(11)13/h3,6,8H,1-2,4-5,7H2/b6-3-. The number of nitrogens with zero attached hydrogens (tertiary/aromatic N) is 1. The molecule has 0 radical (unpaired) electrons. The van der Waals surface area contributed by atoms with Gasteiger partial charge in [0.1, 0.15) is 0 Å². The van der Waals surface area contributed by atoms with Crippen molar-refractivity contribution >= 4 is 32.9 Å². The van der Waals surface area contributed by atoms with Crippen LogP contribution < -0.4 is 0 Å². The highest BCUT2D eigenvalue weighted by atomic mass is 79.9. The molecule has 0 aromatic rings. The summed E-state index contributed by atoms with van der Waals surface area (Å²) >= 11 is 8.70. The third-order valence-electron chi connectivity index (χ3n) is 2.35. The monoisotopic (exact) mass is 265 g/mol. The first-order valence-corrected chi connectivity index (χ1v) is 5.76. The van der Waals surface area contributed by atoms with E-state index in [1.54, 1.807) is 4.90 Å². The van der Waals surface area contributed by atoms with Crippen LogP contribution >= 0.6 is 27.5 Å². The zero-order valence-electron chi connectivity index (χ0n) is 7.38. The highest BCUT2D eigenvalue weighted by molar-refractivity contribution is 9.11. The van der Waals surface area contributed by atoms with Gasteiger partial charge in [-0.05, 0) is 42.3 Å². The molecule has 1 unspecified atom stereocenters. The van der Waals surface area contributed by atoms with Gasteiger partial charge in [-0.1, -0.05) is 22.0 Å². The molecule has 0 spiro atoms. The Kier molecular flexibility index (Phi) is 4.81. The molecule has 1 amide bonds. The maximum atomic E-state index is 11.0. The van der Waals surface area contributed by atoms with E-state index in [-0.39, 0.29) is 5.37 Å². The summed E-state index contributed by atoms with van der Waals surface area (Å²) in [6.45, 7) is 0.809. The second-order valence-electron chi connectivity index (χ2n) is 3.19. The van der Waals surface area contributed by atoms with E-state index >= 15 is 0 Å². The SMILES string of the molecule is O=C(Cl)N1CCCCC1C/C=C\Br. The Labute approximate surface area is 92.1 Å². The second-order valence-corrected chi connectivity index (χ2v) is 4.05. The fourth-order valence-corrected chi connectivity index (χ4v) is 2.12. The van der Waals surface area contributed by atoms with Gasteiger partial charge in [-0.3, -0.25) is 4.79 Å². The highest BCUT2D eigenvalue weighted by Crippen LogP contribution is 2.21. The predicted octanol–water partition coefficient (Wildman–Crippen LogP) is 3.50. The van der Waals surface area contributed by atoms with E-state index in [0.29, 0.717) is 6.04 Å². The van der Waals surface area contributed by atoms with Crippen LogP contribution in [0.15, 0.2) is 11.1 Å². The number of rotatable bonds is 2. The van der Waals surface area contributed by atoms with E-state index in [1.807, 2.05) is 11.1 Å². The van der Waals surface area contributed by atoms with Gasteiger partial charge in [-0.2, -0.15) is 0 Å². The van der Waals surface area contributed by atoms with Crippen molar-refractivity contribution in [3.63, 3.8) is 0 Å². The van der Waals surface area contributed by atoms with Gasteiger partial charge in [0.2, 0.25) is 0 Å². The number of halogens is 2. The topological polar surface area (TPSA) is 20.3 Å². The molecule has 1 fully saturated rings. The first-order chi connectivity index (χ1) is 6.25. The molecule has 0 aliphatic carbocycles. The average molecular weight is 267 g/mol. The number of carbonyl (C=O) groups excluding carboxylic acids is 1. The lowest BCUT2D eigenvalue weighted by atomic mass is 10.0. The lowest BCUT2D eigenvalue weighted by Gasteiger charge is -2.33. The molecule has 13 heavy (non-hydrogen) atoms. The maximum absolute atomic E-state index is 11.0. The molecule has 0 aromatic heterocycles. The van der Waals surface area contributed by atoms with Gasteiger partial charge in [0.15, 0.2) is 0 Å². The van der Waals surface area contributed by atoms with Gasteiger partial charge in [0.05, 0.1) is 0 Å². The Morgan fingerprint density at radius 2 is 2.38 bits per heavy atom. The third-order valence-corrected chi connectivity index (χ3v) is 2.94. The smallest absolute Gasteiger partial charge is 0.316 e. The first-order valence-electron chi connectivity index (χ1n) is 4.47. The van der Waals surface area contributed by atoms with Crippen LogP contribution in [0, 0.1) is 0 Å². The number of carbonyl (C=O) groups is 1. The minimum atomic E-state index is -0.312. The number of hydrogen-bond acceptors (Lipinski definition) is 1. The normalized spacial score (nSPS) is 23.8. The summed E-state index contributed by atoms with van der Waals surface area (Å²) in [6.07, 6.45) is 6.25. The molecule has 0 N–H and O–H groups in total. The van der Waals surface area contributed by atoms with E-state index in [4.69, 9.17) is 11.6 Å². The van der Waals surface area contributed by atoms with Crippen molar-refractivity contribution in [2.75, 3.05) is 6.54 Å². The van der Waals surface area contributed by atoms with Crippen molar-refractivity contribution in [1.29, 1.82) is 0 Å². The molecule has 1 atom stereocenters. The number of hydrogen-bond donors (Lipinski definition) is 0. The number of likely N-dealkylation sites (tertiary alicyclic amines) is 1. The maximum Gasteiger partial charge on any atom is 0.316 e. The predicted molar refractivity (Wildman–Crippen MR) is 58.3 cm³/mol. The van der Waals surface area contributed by atoms with E-state index < -0.39 is 0 Å². The average Bonchev–Trinajstić information content (AvgIpc) is 2.15. The van der Waals surface area contributed by atoms with E-state index in [1.165, 1.54) is 6.42 Å². The second kappa shape index (κ2) is 5.66. The molecule has 1 aliphatic heterocycles. The number of amides is 1. The van der Waals surface area contributed by atoms with Crippen molar-refractivity contribution in [3.8, 4) is 0 Å². The minimum absolute atomic E-state index is 0.299. The lowest BCUT2D eigenvalue weighted by Crippen LogP contribution is -2.40. The quantitative estimate of drug-likeness (QED) is 0.553. The minimum Gasteiger partial charge on any atom is -0.326 e. The first kappa shape index (κ1) is 11.1. The molecular formula is C9H13BrClNO. The van der Waals surface area contributed by atoms with Crippen LogP contribution in [0.3, 0.4) is 0 Å². The summed E-state index contributed by atoms with van der Waals surface area (Å²) in [5, 5.41) is -0.312. The molecule has 1 aliphatic rings. The van der Waals surface area contributed by atoms with Crippen LogP contribution in [0.5, 0.6) is 0 Å². The van der Waals surface area contributed by atoms with Crippen LogP contribution in [0.4, 0.5) is 4.79 Å². The van der Waals surface area contributed by atoms with E-state index in [0.717, 1.165) is 25.8 Å². The Morgan fingerprint density at radius 1 is 1.62 bits per heavy atom. The van der Waals surface area contributed by atoms with E-state index in [9.17, 15) is 4.79 Å². The van der Waals surface area contributed by atoms with Gasteiger partial charge in [-0.15, -0.1) is 0 Å². The fraction of sp³-hybridized carbons (Fsp3) is 0.667. The van der Waals surface area contributed by atoms with Crippen molar-refractivity contribution in [3.05, 3.63) is 11.1 Å². The van der Waals surface area contributed by atoms with Crippen molar-refractivity contribution in [1.82, 2.24) is 4.90 Å². The van der Waals surface area contributed by atoms with Crippen molar-refractivity contribution in [2.24, 2.45) is 0 Å². The summed E-state index contributed by atoms with van der Waals surface area (Å²) in [6, 6.07) is 0.299. The highest BCUT2D eigenvalue weighted by Gasteiger charge is 2.24. The molecule has 0 saturated carbocycles. The molecule has 74 valence electrons. The number of piperidine rings is 1. The molecule has 1 rings (SSSR count). The fourth-order valence-electron chi connectivity index (χ4n) is 1.69. The summed E-state index contributed by atoms with van der Waals surface area (Å²) in [5.74, 6) is 0. The molecule has 2 nitrogen and oxygen atoms in total. The molecule has 1 saturated heterocycles. The van der Waals surface area contributed by atoms with Crippen molar-refractivity contribution < 1.29 is 4.79 Å². The Balaban J connectivity index is 2.51. The Bertz CT molecular complexity index is 208. The Morgan fingerprint density at radius 3 is 3.00 bits per heavy atom.